The van der Waals surface area contributed by atoms with E-state index in [9.17, 15) is 9.18 Å². The first-order chi connectivity index (χ1) is 9.98. The summed E-state index contributed by atoms with van der Waals surface area (Å²) in [5, 5.41) is 12.7. The molecule has 1 aromatic rings. The van der Waals surface area contributed by atoms with Crippen molar-refractivity contribution in [3.8, 4) is 6.07 Å². The molecule has 0 saturated heterocycles. The molecule has 110 valence electrons. The van der Waals surface area contributed by atoms with E-state index < -0.39 is 17.3 Å². The van der Waals surface area contributed by atoms with Crippen LogP contribution in [0.5, 0.6) is 0 Å². The lowest BCUT2D eigenvalue weighted by Gasteiger charge is -2.20. The van der Waals surface area contributed by atoms with Crippen LogP contribution in [0.1, 0.15) is 23.2 Å². The predicted octanol–water partition coefficient (Wildman–Crippen LogP) is 0.587. The summed E-state index contributed by atoms with van der Waals surface area (Å²) in [4.78, 5) is 11.8. The Kier molecular flexibility index (Phi) is 4.10. The Morgan fingerprint density at radius 2 is 2.19 bits per heavy atom. The maximum Gasteiger partial charge on any atom is 0.254 e. The monoisotopic (exact) mass is 289 g/mol. The van der Waals surface area contributed by atoms with E-state index in [2.05, 4.69) is 11.4 Å². The van der Waals surface area contributed by atoms with Gasteiger partial charge in [0, 0.05) is 11.9 Å². The largest absolute Gasteiger partial charge is 0.399 e. The van der Waals surface area contributed by atoms with Crippen molar-refractivity contribution in [1.82, 2.24) is 10.3 Å². The number of carbonyl (C=O) groups is 1. The van der Waals surface area contributed by atoms with Crippen molar-refractivity contribution in [1.29, 1.82) is 5.26 Å². The van der Waals surface area contributed by atoms with Crippen LogP contribution in [0.15, 0.2) is 36.2 Å². The van der Waals surface area contributed by atoms with E-state index >= 15 is 0 Å². The molecule has 1 aliphatic carbocycles. The number of nitrogens with one attached hydrogen (secondary N) is 1. The van der Waals surface area contributed by atoms with Gasteiger partial charge in [-0.25, -0.2) is 10.2 Å². The second-order valence-electron chi connectivity index (χ2n) is 4.92. The zero-order chi connectivity index (χ0) is 15.5. The number of hydrazine groups is 1. The molecule has 0 aromatic heterocycles. The normalized spacial score (nSPS) is 16.0. The fraction of sp³-hybridized carbons (Fsp3) is 0.286. The average Bonchev–Trinajstić information content (AvgIpc) is 3.26. The number of rotatable bonds is 5. The SMILES string of the molecule is N#CC1(N(N)/C=C(\N)CNC(=O)c2ccccc2F)CC1. The van der Waals surface area contributed by atoms with Crippen LogP contribution in [0, 0.1) is 17.1 Å². The second kappa shape index (κ2) is 5.81. The minimum Gasteiger partial charge on any atom is -0.399 e. The summed E-state index contributed by atoms with van der Waals surface area (Å²) in [6, 6.07) is 7.79. The van der Waals surface area contributed by atoms with Gasteiger partial charge in [-0.3, -0.25) is 9.80 Å². The maximum absolute atomic E-state index is 13.4. The van der Waals surface area contributed by atoms with Crippen LogP contribution >= 0.6 is 0 Å². The Hall–Kier alpha value is -2.59. The third kappa shape index (κ3) is 3.30. The van der Waals surface area contributed by atoms with Crippen molar-refractivity contribution in [3.05, 3.63) is 47.5 Å². The van der Waals surface area contributed by atoms with Crippen LogP contribution in [0.25, 0.3) is 0 Å². The number of benzene rings is 1. The first kappa shape index (κ1) is 14.8. The fourth-order valence-corrected chi connectivity index (χ4v) is 1.82. The zero-order valence-corrected chi connectivity index (χ0v) is 11.3. The molecule has 0 aliphatic heterocycles. The van der Waals surface area contributed by atoms with Crippen molar-refractivity contribution in [2.24, 2.45) is 11.6 Å². The molecule has 1 fully saturated rings. The summed E-state index contributed by atoms with van der Waals surface area (Å²) in [5.41, 5.74) is 5.29. The summed E-state index contributed by atoms with van der Waals surface area (Å²) in [6.07, 6.45) is 2.79. The summed E-state index contributed by atoms with van der Waals surface area (Å²) in [7, 11) is 0. The molecule has 0 radical (unpaired) electrons. The average molecular weight is 289 g/mol. The molecule has 0 atom stereocenters. The smallest absolute Gasteiger partial charge is 0.254 e. The van der Waals surface area contributed by atoms with Gasteiger partial charge in [0.1, 0.15) is 11.4 Å². The third-order valence-electron chi connectivity index (χ3n) is 3.30. The van der Waals surface area contributed by atoms with Gasteiger partial charge in [0.25, 0.3) is 5.91 Å². The van der Waals surface area contributed by atoms with E-state index in [1.54, 1.807) is 6.07 Å². The lowest BCUT2D eigenvalue weighted by molar-refractivity contribution is 0.0952. The molecule has 1 aliphatic rings. The molecule has 2 rings (SSSR count). The number of hydrogen-bond acceptors (Lipinski definition) is 5. The fourth-order valence-electron chi connectivity index (χ4n) is 1.82. The second-order valence-corrected chi connectivity index (χ2v) is 4.92. The topological polar surface area (TPSA) is 108 Å². The minimum atomic E-state index is -0.680. The molecular formula is C14H16FN5O. The molecule has 5 N–H and O–H groups in total. The molecule has 0 spiro atoms. The highest BCUT2D eigenvalue weighted by atomic mass is 19.1. The molecule has 21 heavy (non-hydrogen) atoms. The first-order valence-electron chi connectivity index (χ1n) is 6.43. The molecule has 0 bridgehead atoms. The molecule has 1 aromatic carbocycles. The van der Waals surface area contributed by atoms with Crippen LogP contribution < -0.4 is 16.9 Å². The number of nitrogens with two attached hydrogens (primary N) is 2. The van der Waals surface area contributed by atoms with Gasteiger partial charge in [0.15, 0.2) is 0 Å². The van der Waals surface area contributed by atoms with Gasteiger partial charge < -0.3 is 11.1 Å². The van der Waals surface area contributed by atoms with Crippen LogP contribution in [0.4, 0.5) is 4.39 Å². The number of nitrogens with zero attached hydrogens (tertiary/aromatic N) is 2. The number of halogens is 1. The van der Waals surface area contributed by atoms with Crippen LogP contribution in [-0.4, -0.2) is 23.0 Å². The van der Waals surface area contributed by atoms with Gasteiger partial charge in [-0.15, -0.1) is 0 Å². The van der Waals surface area contributed by atoms with Gasteiger partial charge in [-0.1, -0.05) is 12.1 Å². The summed E-state index contributed by atoms with van der Waals surface area (Å²) in [6.45, 7) is 0.0162. The van der Waals surface area contributed by atoms with E-state index in [-0.39, 0.29) is 17.8 Å². The van der Waals surface area contributed by atoms with Crippen molar-refractivity contribution in [2.75, 3.05) is 6.54 Å². The summed E-state index contributed by atoms with van der Waals surface area (Å²) < 4.78 is 13.4. The molecule has 6 nitrogen and oxygen atoms in total. The van der Waals surface area contributed by atoms with E-state index in [1.807, 2.05) is 0 Å². The van der Waals surface area contributed by atoms with Gasteiger partial charge in [-0.05, 0) is 25.0 Å². The Morgan fingerprint density at radius 3 is 2.76 bits per heavy atom. The number of amides is 1. The van der Waals surface area contributed by atoms with Crippen molar-refractivity contribution < 1.29 is 9.18 Å². The lowest BCUT2D eigenvalue weighted by Crippen LogP contribution is -2.39. The van der Waals surface area contributed by atoms with Crippen LogP contribution in [0.3, 0.4) is 0 Å². The van der Waals surface area contributed by atoms with Gasteiger partial charge in [0.05, 0.1) is 18.2 Å². The van der Waals surface area contributed by atoms with E-state index in [4.69, 9.17) is 16.8 Å². The van der Waals surface area contributed by atoms with Crippen LogP contribution in [0.2, 0.25) is 0 Å². The highest BCUT2D eigenvalue weighted by Crippen LogP contribution is 2.39. The van der Waals surface area contributed by atoms with E-state index in [0.29, 0.717) is 12.8 Å². The quantitative estimate of drug-likeness (QED) is 0.543. The predicted molar refractivity (Wildman–Crippen MR) is 74.6 cm³/mol. The number of nitriles is 1. The Bertz CT molecular complexity index is 618. The molecular weight excluding hydrogens is 273 g/mol. The van der Waals surface area contributed by atoms with Crippen molar-refractivity contribution in [2.45, 2.75) is 18.4 Å². The highest BCUT2D eigenvalue weighted by molar-refractivity contribution is 5.94. The zero-order valence-electron chi connectivity index (χ0n) is 11.3. The Balaban J connectivity index is 1.92. The Labute approximate surface area is 121 Å². The minimum absolute atomic E-state index is 0.0162. The van der Waals surface area contributed by atoms with Gasteiger partial charge >= 0.3 is 0 Å². The van der Waals surface area contributed by atoms with E-state index in [0.717, 1.165) is 0 Å². The van der Waals surface area contributed by atoms with Gasteiger partial charge in [0.2, 0.25) is 0 Å². The summed E-state index contributed by atoms with van der Waals surface area (Å²) >= 11 is 0. The third-order valence-corrected chi connectivity index (χ3v) is 3.30. The number of hydrogen-bond donors (Lipinski definition) is 3. The molecule has 0 heterocycles. The van der Waals surface area contributed by atoms with Crippen molar-refractivity contribution in [3.63, 3.8) is 0 Å². The molecule has 1 amide bonds. The maximum atomic E-state index is 13.4. The van der Waals surface area contributed by atoms with Crippen LogP contribution in [-0.2, 0) is 0 Å². The highest BCUT2D eigenvalue weighted by Gasteiger charge is 2.47. The van der Waals surface area contributed by atoms with Gasteiger partial charge in [-0.2, -0.15) is 5.26 Å². The lowest BCUT2D eigenvalue weighted by atomic mass is 10.2. The van der Waals surface area contributed by atoms with E-state index in [1.165, 1.54) is 29.4 Å². The molecule has 0 unspecified atom stereocenters. The van der Waals surface area contributed by atoms with Crippen molar-refractivity contribution >= 4 is 5.91 Å². The first-order valence-corrected chi connectivity index (χ1v) is 6.43. The number of carbonyl (C=O) groups excluding carboxylic acids is 1. The summed E-state index contributed by atoms with van der Waals surface area (Å²) in [5.74, 6) is 4.59. The molecule has 1 saturated carbocycles. The standard InChI is InChI=1S/C14H16FN5O/c15-12-4-2-1-3-11(12)13(21)19-7-10(17)8-20(18)14(9-16)5-6-14/h1-4,8H,5-7,17-18H2,(H,19,21)/b10-8-. The Morgan fingerprint density at radius 1 is 1.52 bits per heavy atom. The molecule has 7 heteroatoms.